The molecule has 1 spiro atoms. The quantitative estimate of drug-likeness (QED) is 0.789. The highest BCUT2D eigenvalue weighted by molar-refractivity contribution is 6.32. The van der Waals surface area contributed by atoms with Crippen LogP contribution in [0.2, 0.25) is 5.02 Å². The predicted octanol–water partition coefficient (Wildman–Crippen LogP) is 2.33. The molecule has 1 saturated heterocycles. The molecule has 6 nitrogen and oxygen atoms in total. The van der Waals surface area contributed by atoms with E-state index < -0.39 is 28.9 Å². The molecule has 138 valence electrons. The summed E-state index contributed by atoms with van der Waals surface area (Å²) < 4.78 is 5.40. The fraction of sp³-hybridized carbons (Fsp3) is 0.421. The summed E-state index contributed by atoms with van der Waals surface area (Å²) in [6.07, 6.45) is 0.819. The minimum atomic E-state index is -0.934. The van der Waals surface area contributed by atoms with Crippen LogP contribution < -0.4 is 5.32 Å². The normalized spacial score (nSPS) is 19.9. The van der Waals surface area contributed by atoms with Gasteiger partial charge in [0.1, 0.15) is 11.3 Å². The molecule has 3 rings (SSSR count). The summed E-state index contributed by atoms with van der Waals surface area (Å²) in [5, 5.41) is 13.6. The zero-order valence-electron chi connectivity index (χ0n) is 14.6. The molecular formula is C19H20ClNO5. The fourth-order valence-corrected chi connectivity index (χ4v) is 3.70. The summed E-state index contributed by atoms with van der Waals surface area (Å²) in [4.78, 5) is 37.4. The van der Waals surface area contributed by atoms with Crippen molar-refractivity contribution >= 4 is 34.8 Å². The van der Waals surface area contributed by atoms with E-state index in [4.69, 9.17) is 16.3 Å². The molecule has 1 aromatic rings. The van der Waals surface area contributed by atoms with Gasteiger partial charge in [0.2, 0.25) is 0 Å². The van der Waals surface area contributed by atoms with Crippen LogP contribution in [0.25, 0.3) is 5.76 Å². The van der Waals surface area contributed by atoms with Crippen LogP contribution in [-0.2, 0) is 24.5 Å². The molecule has 26 heavy (non-hydrogen) atoms. The number of hydrogen-bond acceptors (Lipinski definition) is 5. The summed E-state index contributed by atoms with van der Waals surface area (Å²) in [6.45, 7) is 3.64. The van der Waals surface area contributed by atoms with Crippen LogP contribution in [0.3, 0.4) is 0 Å². The second kappa shape index (κ2) is 6.85. The van der Waals surface area contributed by atoms with Gasteiger partial charge >= 0.3 is 0 Å². The van der Waals surface area contributed by atoms with Crippen molar-refractivity contribution in [3.63, 3.8) is 0 Å². The number of carbonyl (C=O) groups excluding carboxylic acids is 3. The molecule has 1 aromatic carbocycles. The summed E-state index contributed by atoms with van der Waals surface area (Å²) in [7, 11) is 0. The summed E-state index contributed by atoms with van der Waals surface area (Å²) in [5.41, 5.74) is -0.227. The topological polar surface area (TPSA) is 92.7 Å². The van der Waals surface area contributed by atoms with Crippen molar-refractivity contribution in [1.82, 2.24) is 5.32 Å². The minimum absolute atomic E-state index is 0.245. The molecule has 1 aliphatic carbocycles. The van der Waals surface area contributed by atoms with Crippen molar-refractivity contribution in [2.24, 2.45) is 0 Å². The molecule has 1 heterocycles. The first-order valence-corrected chi connectivity index (χ1v) is 8.83. The SMILES string of the molecule is CC(=O)[C@@H](C)NC(=O)C1=C(O)c2cc(Cl)ccc2C2(CCOCC2)C1=O. The monoisotopic (exact) mass is 377 g/mol. The zero-order valence-corrected chi connectivity index (χ0v) is 15.4. The zero-order chi connectivity index (χ0) is 19.1. The first kappa shape index (κ1) is 18.6. The van der Waals surface area contributed by atoms with E-state index in [1.807, 2.05) is 0 Å². The molecule has 0 unspecified atom stereocenters. The van der Waals surface area contributed by atoms with E-state index in [1.54, 1.807) is 18.2 Å². The Morgan fingerprint density at radius 1 is 1.31 bits per heavy atom. The average molecular weight is 378 g/mol. The maximum Gasteiger partial charge on any atom is 0.259 e. The van der Waals surface area contributed by atoms with E-state index in [0.717, 1.165) is 0 Å². The Balaban J connectivity index is 2.14. The van der Waals surface area contributed by atoms with Gasteiger partial charge in [-0.25, -0.2) is 0 Å². The second-order valence-corrected chi connectivity index (χ2v) is 7.18. The van der Waals surface area contributed by atoms with Crippen LogP contribution in [0.1, 0.15) is 37.8 Å². The van der Waals surface area contributed by atoms with Crippen molar-refractivity contribution in [3.05, 3.63) is 39.9 Å². The van der Waals surface area contributed by atoms with Crippen LogP contribution in [0.15, 0.2) is 23.8 Å². The maximum atomic E-state index is 13.3. The van der Waals surface area contributed by atoms with E-state index >= 15 is 0 Å². The Morgan fingerprint density at radius 2 is 1.96 bits per heavy atom. The van der Waals surface area contributed by atoms with Gasteiger partial charge in [0, 0.05) is 23.8 Å². The molecule has 0 bridgehead atoms. The number of nitrogens with one attached hydrogen (secondary N) is 1. The third-order valence-corrected chi connectivity index (χ3v) is 5.42. The lowest BCUT2D eigenvalue weighted by Gasteiger charge is -2.40. The summed E-state index contributed by atoms with van der Waals surface area (Å²) in [6, 6.07) is 4.18. The van der Waals surface area contributed by atoms with Gasteiger partial charge < -0.3 is 15.2 Å². The van der Waals surface area contributed by atoms with Crippen LogP contribution in [0, 0.1) is 0 Å². The molecule has 2 aliphatic rings. The predicted molar refractivity (Wildman–Crippen MR) is 96.0 cm³/mol. The number of amides is 1. The molecule has 1 fully saturated rings. The number of halogens is 1. The minimum Gasteiger partial charge on any atom is -0.506 e. The number of hydrogen-bond donors (Lipinski definition) is 2. The van der Waals surface area contributed by atoms with Crippen LogP contribution in [-0.4, -0.2) is 41.8 Å². The van der Waals surface area contributed by atoms with E-state index in [9.17, 15) is 19.5 Å². The molecule has 7 heteroatoms. The fourth-order valence-electron chi connectivity index (χ4n) is 3.53. The van der Waals surface area contributed by atoms with Crippen LogP contribution >= 0.6 is 11.6 Å². The van der Waals surface area contributed by atoms with Crippen molar-refractivity contribution < 1.29 is 24.2 Å². The largest absolute Gasteiger partial charge is 0.506 e. The Kier molecular flexibility index (Phi) is 4.90. The Hall–Kier alpha value is -2.18. The molecule has 1 atom stereocenters. The van der Waals surface area contributed by atoms with E-state index in [-0.39, 0.29) is 11.4 Å². The van der Waals surface area contributed by atoms with Crippen molar-refractivity contribution in [3.8, 4) is 0 Å². The van der Waals surface area contributed by atoms with Crippen molar-refractivity contribution in [2.75, 3.05) is 13.2 Å². The van der Waals surface area contributed by atoms with Gasteiger partial charge in [0.25, 0.3) is 5.91 Å². The Labute approximate surface area is 156 Å². The highest BCUT2D eigenvalue weighted by Gasteiger charge is 2.50. The van der Waals surface area contributed by atoms with Gasteiger partial charge in [-0.1, -0.05) is 17.7 Å². The number of rotatable bonds is 3. The number of aliphatic hydroxyl groups excluding tert-OH is 1. The Bertz CT molecular complexity index is 823. The van der Waals surface area contributed by atoms with Gasteiger partial charge in [-0.05, 0) is 44.4 Å². The average Bonchev–Trinajstić information content (AvgIpc) is 2.61. The van der Waals surface area contributed by atoms with Gasteiger partial charge in [-0.15, -0.1) is 0 Å². The van der Waals surface area contributed by atoms with E-state index in [0.29, 0.717) is 42.2 Å². The lowest BCUT2D eigenvalue weighted by atomic mass is 9.64. The third kappa shape index (κ3) is 2.93. The molecule has 2 N–H and O–H groups in total. The number of ether oxygens (including phenoxy) is 1. The number of Topliss-reactive ketones (excluding diaryl/α,β-unsaturated/α-hetero) is 2. The Morgan fingerprint density at radius 3 is 2.58 bits per heavy atom. The second-order valence-electron chi connectivity index (χ2n) is 6.74. The molecule has 0 radical (unpaired) electrons. The first-order valence-electron chi connectivity index (χ1n) is 8.45. The van der Waals surface area contributed by atoms with E-state index in [1.165, 1.54) is 13.8 Å². The number of ketones is 2. The number of benzene rings is 1. The van der Waals surface area contributed by atoms with Gasteiger partial charge in [0.05, 0.1) is 11.5 Å². The van der Waals surface area contributed by atoms with Crippen LogP contribution in [0.5, 0.6) is 0 Å². The lowest BCUT2D eigenvalue weighted by Crippen LogP contribution is -2.49. The number of fused-ring (bicyclic) bond motifs is 2. The number of aliphatic hydroxyl groups is 1. The molecule has 0 saturated carbocycles. The first-order chi connectivity index (χ1) is 12.3. The summed E-state index contributed by atoms with van der Waals surface area (Å²) >= 11 is 6.07. The van der Waals surface area contributed by atoms with Crippen molar-refractivity contribution in [2.45, 2.75) is 38.1 Å². The highest BCUT2D eigenvalue weighted by atomic mass is 35.5. The molecule has 0 aromatic heterocycles. The highest BCUT2D eigenvalue weighted by Crippen LogP contribution is 2.46. The van der Waals surface area contributed by atoms with Gasteiger partial charge in [-0.2, -0.15) is 0 Å². The lowest BCUT2D eigenvalue weighted by molar-refractivity contribution is -0.130. The van der Waals surface area contributed by atoms with Gasteiger partial charge in [0.15, 0.2) is 11.6 Å². The summed E-state index contributed by atoms with van der Waals surface area (Å²) in [5.74, 6) is -1.85. The molecular weight excluding hydrogens is 358 g/mol. The maximum absolute atomic E-state index is 13.3. The van der Waals surface area contributed by atoms with Gasteiger partial charge in [-0.3, -0.25) is 14.4 Å². The van der Waals surface area contributed by atoms with E-state index in [2.05, 4.69) is 5.32 Å². The number of carbonyl (C=O) groups is 3. The standard InChI is InChI=1S/C19H20ClNO5/c1-10(11(2)22)21-18(25)15-16(23)13-9-12(20)3-4-14(13)19(17(15)24)5-7-26-8-6-19/h3-4,9-10,23H,5-8H2,1-2H3,(H,21,25)/t10-/m1/s1. The van der Waals surface area contributed by atoms with Crippen LogP contribution in [0.4, 0.5) is 0 Å². The molecule has 1 amide bonds. The third-order valence-electron chi connectivity index (χ3n) is 5.18. The van der Waals surface area contributed by atoms with Crippen molar-refractivity contribution in [1.29, 1.82) is 0 Å². The smallest absolute Gasteiger partial charge is 0.259 e. The molecule has 1 aliphatic heterocycles.